The van der Waals surface area contributed by atoms with Crippen molar-refractivity contribution in [3.05, 3.63) is 65.7 Å². The van der Waals surface area contributed by atoms with Gasteiger partial charge in [-0.05, 0) is 30.3 Å². The van der Waals surface area contributed by atoms with Gasteiger partial charge in [0.2, 0.25) is 0 Å². The average molecular weight is 409 g/mol. The first-order valence-corrected chi connectivity index (χ1v) is 7.82. The number of allylic oxidation sites excluding steroid dienone is 1. The van der Waals surface area contributed by atoms with Crippen LogP contribution in [0.2, 0.25) is 0 Å². The van der Waals surface area contributed by atoms with Gasteiger partial charge in [0.25, 0.3) is 0 Å². The second-order valence-corrected chi connectivity index (χ2v) is 5.71. The maximum absolute atomic E-state index is 13.0. The molecule has 3 aromatic rings. The molecule has 2 heterocycles. The molecule has 0 atom stereocenters. The smallest absolute Gasteiger partial charge is 0.255 e. The Morgan fingerprint density at radius 3 is 2.14 bits per heavy atom. The van der Waals surface area contributed by atoms with Crippen molar-refractivity contribution in [1.82, 2.24) is 19.7 Å². The van der Waals surface area contributed by atoms with E-state index in [4.69, 9.17) is 0 Å². The van der Waals surface area contributed by atoms with Crippen LogP contribution in [0.5, 0.6) is 0 Å². The molecular formula is C18H9F6N5. The Kier molecular flexibility index (Phi) is 5.11. The summed E-state index contributed by atoms with van der Waals surface area (Å²) in [4.78, 5) is 7.74. The first-order valence-electron chi connectivity index (χ1n) is 7.82. The van der Waals surface area contributed by atoms with Crippen molar-refractivity contribution in [3.63, 3.8) is 0 Å². The second kappa shape index (κ2) is 7.38. The lowest BCUT2D eigenvalue weighted by Crippen LogP contribution is -2.11. The summed E-state index contributed by atoms with van der Waals surface area (Å²) in [5, 5.41) is 13.1. The van der Waals surface area contributed by atoms with Crippen molar-refractivity contribution < 1.29 is 26.3 Å². The van der Waals surface area contributed by atoms with Crippen molar-refractivity contribution in [2.24, 2.45) is 0 Å². The van der Waals surface area contributed by atoms with E-state index in [0.29, 0.717) is 17.8 Å². The summed E-state index contributed by atoms with van der Waals surface area (Å²) >= 11 is 0. The van der Waals surface area contributed by atoms with Crippen molar-refractivity contribution in [1.29, 1.82) is 5.26 Å². The lowest BCUT2D eigenvalue weighted by molar-refractivity contribution is -0.143. The zero-order valence-corrected chi connectivity index (χ0v) is 14.2. The van der Waals surface area contributed by atoms with Gasteiger partial charge in [0.05, 0.1) is 28.6 Å². The van der Waals surface area contributed by atoms with E-state index in [1.807, 2.05) is 6.07 Å². The molecule has 0 aliphatic rings. The lowest BCUT2D eigenvalue weighted by Gasteiger charge is -2.13. The van der Waals surface area contributed by atoms with Crippen LogP contribution in [-0.4, -0.2) is 19.7 Å². The maximum atomic E-state index is 13.0. The van der Waals surface area contributed by atoms with Gasteiger partial charge in [0.15, 0.2) is 5.82 Å². The van der Waals surface area contributed by atoms with Crippen molar-refractivity contribution in [3.8, 4) is 17.5 Å². The summed E-state index contributed by atoms with van der Waals surface area (Å²) in [6.45, 7) is 0. The molecule has 5 nitrogen and oxygen atoms in total. The molecule has 0 unspecified atom stereocenters. The number of halogens is 6. The Morgan fingerprint density at radius 2 is 1.62 bits per heavy atom. The van der Waals surface area contributed by atoms with Crippen molar-refractivity contribution >= 4 is 11.8 Å². The quantitative estimate of drug-likeness (QED) is 0.456. The number of benzene rings is 1. The molecule has 29 heavy (non-hydrogen) atoms. The average Bonchev–Trinajstić information content (AvgIpc) is 3.14. The van der Waals surface area contributed by atoms with Gasteiger partial charge in [-0.3, -0.25) is 4.98 Å². The zero-order valence-electron chi connectivity index (χ0n) is 14.2. The molecule has 0 aliphatic carbocycles. The molecule has 0 bridgehead atoms. The number of aromatic nitrogens is 4. The summed E-state index contributed by atoms with van der Waals surface area (Å²) in [7, 11) is 0. The molecule has 0 radical (unpaired) electrons. The monoisotopic (exact) mass is 409 g/mol. The molecule has 0 aliphatic heterocycles. The van der Waals surface area contributed by atoms with Crippen LogP contribution in [0.15, 0.2) is 48.9 Å². The lowest BCUT2D eigenvalue weighted by atomic mass is 10.0. The van der Waals surface area contributed by atoms with E-state index in [1.165, 1.54) is 12.4 Å². The SMILES string of the molecule is N#CC(=Cn1cnc(-c2cc(C(F)(F)F)cc(C(F)(F)F)c2)n1)c1ccccn1. The summed E-state index contributed by atoms with van der Waals surface area (Å²) in [6, 6.07) is 7.80. The summed E-state index contributed by atoms with van der Waals surface area (Å²) < 4.78 is 79.0. The van der Waals surface area contributed by atoms with E-state index in [-0.39, 0.29) is 17.5 Å². The molecule has 0 spiro atoms. The fourth-order valence-electron chi connectivity index (χ4n) is 2.36. The Hall–Kier alpha value is -3.68. The van der Waals surface area contributed by atoms with Gasteiger partial charge >= 0.3 is 12.4 Å². The number of nitriles is 1. The van der Waals surface area contributed by atoms with Crippen LogP contribution in [0.25, 0.3) is 23.2 Å². The molecule has 0 saturated carbocycles. The highest BCUT2D eigenvalue weighted by Gasteiger charge is 2.37. The first kappa shape index (κ1) is 20.1. The van der Waals surface area contributed by atoms with Gasteiger partial charge in [-0.15, -0.1) is 5.10 Å². The molecule has 0 fully saturated rings. The number of alkyl halides is 6. The van der Waals surface area contributed by atoms with E-state index in [0.717, 1.165) is 11.0 Å². The molecule has 11 heteroatoms. The van der Waals surface area contributed by atoms with Gasteiger partial charge in [0.1, 0.15) is 12.4 Å². The largest absolute Gasteiger partial charge is 0.416 e. The Labute approximate surface area is 159 Å². The van der Waals surface area contributed by atoms with E-state index < -0.39 is 29.0 Å². The van der Waals surface area contributed by atoms with E-state index in [9.17, 15) is 31.6 Å². The number of hydrogen-bond donors (Lipinski definition) is 0. The Balaban J connectivity index is 2.04. The van der Waals surface area contributed by atoms with Crippen molar-refractivity contribution in [2.75, 3.05) is 0 Å². The van der Waals surface area contributed by atoms with Crippen LogP contribution < -0.4 is 0 Å². The van der Waals surface area contributed by atoms with Crippen LogP contribution in [-0.2, 0) is 12.4 Å². The minimum atomic E-state index is -4.98. The van der Waals surface area contributed by atoms with Gasteiger partial charge in [-0.25, -0.2) is 9.67 Å². The van der Waals surface area contributed by atoms with Gasteiger partial charge < -0.3 is 0 Å². The molecule has 0 saturated heterocycles. The molecule has 1 aromatic carbocycles. The highest BCUT2D eigenvalue weighted by atomic mass is 19.4. The molecule has 3 rings (SSSR count). The molecule has 148 valence electrons. The molecule has 0 N–H and O–H groups in total. The van der Waals surface area contributed by atoms with E-state index >= 15 is 0 Å². The van der Waals surface area contributed by atoms with Gasteiger partial charge in [-0.2, -0.15) is 31.6 Å². The third kappa shape index (κ3) is 4.60. The number of pyridine rings is 1. The fourth-order valence-corrected chi connectivity index (χ4v) is 2.36. The van der Waals surface area contributed by atoms with Crippen LogP contribution in [0, 0.1) is 11.3 Å². The normalized spacial score (nSPS) is 12.7. The third-order valence-corrected chi connectivity index (χ3v) is 3.68. The zero-order chi connectivity index (χ0) is 21.2. The fraction of sp³-hybridized carbons (Fsp3) is 0.111. The first-order chi connectivity index (χ1) is 13.6. The number of hydrogen-bond acceptors (Lipinski definition) is 4. The Bertz CT molecular complexity index is 1060. The minimum absolute atomic E-state index is 0.0231. The summed E-state index contributed by atoms with van der Waals surface area (Å²) in [6.07, 6.45) is -6.24. The number of nitrogens with zero attached hydrogens (tertiary/aromatic N) is 5. The van der Waals surface area contributed by atoms with Gasteiger partial charge in [-0.1, -0.05) is 6.07 Å². The van der Waals surface area contributed by atoms with Crippen LogP contribution in [0.3, 0.4) is 0 Å². The predicted molar refractivity (Wildman–Crippen MR) is 89.5 cm³/mol. The standard InChI is InChI=1S/C18H9F6N5/c19-17(20,21)13-5-11(6-14(7-13)18(22,23)24)16-27-10-29(28-16)9-12(8-25)15-3-1-2-4-26-15/h1-7,9-10H. The third-order valence-electron chi connectivity index (χ3n) is 3.68. The highest BCUT2D eigenvalue weighted by Crippen LogP contribution is 2.38. The molecular weight excluding hydrogens is 400 g/mol. The van der Waals surface area contributed by atoms with E-state index in [2.05, 4.69) is 15.1 Å². The van der Waals surface area contributed by atoms with Crippen LogP contribution >= 0.6 is 0 Å². The van der Waals surface area contributed by atoms with Crippen LogP contribution in [0.1, 0.15) is 16.8 Å². The van der Waals surface area contributed by atoms with Crippen molar-refractivity contribution in [2.45, 2.75) is 12.4 Å². The van der Waals surface area contributed by atoms with E-state index in [1.54, 1.807) is 18.2 Å². The number of rotatable bonds is 3. The summed E-state index contributed by atoms with van der Waals surface area (Å²) in [5.41, 5.74) is -3.02. The Morgan fingerprint density at radius 1 is 0.966 bits per heavy atom. The maximum Gasteiger partial charge on any atom is 0.416 e. The topological polar surface area (TPSA) is 67.4 Å². The second-order valence-electron chi connectivity index (χ2n) is 5.71. The minimum Gasteiger partial charge on any atom is -0.255 e. The highest BCUT2D eigenvalue weighted by molar-refractivity contribution is 5.83. The predicted octanol–water partition coefficient (Wildman–Crippen LogP) is 4.90. The summed E-state index contributed by atoms with van der Waals surface area (Å²) in [5.74, 6) is -0.365. The van der Waals surface area contributed by atoms with Gasteiger partial charge in [0, 0.05) is 11.8 Å². The molecule has 2 aromatic heterocycles. The molecule has 0 amide bonds. The van der Waals surface area contributed by atoms with Crippen LogP contribution in [0.4, 0.5) is 26.3 Å².